The van der Waals surface area contributed by atoms with Gasteiger partial charge in [-0.25, -0.2) is 4.89 Å². The van der Waals surface area contributed by atoms with Crippen molar-refractivity contribution in [1.29, 1.82) is 0 Å². The zero-order chi connectivity index (χ0) is 12.4. The van der Waals surface area contributed by atoms with Gasteiger partial charge in [-0.1, -0.05) is 27.7 Å². The van der Waals surface area contributed by atoms with Crippen LogP contribution in [0.15, 0.2) is 0 Å². The summed E-state index contributed by atoms with van der Waals surface area (Å²) in [6, 6.07) is 0. The second-order valence-electron chi connectivity index (χ2n) is 5.63. The Morgan fingerprint density at radius 1 is 1.62 bits per heavy atom. The number of carbonyl (C=O) groups is 1. The fourth-order valence-corrected chi connectivity index (χ4v) is 2.49. The Morgan fingerprint density at radius 2 is 2.25 bits per heavy atom. The maximum absolute atomic E-state index is 11.4. The summed E-state index contributed by atoms with van der Waals surface area (Å²) in [6.07, 6.45) is 1.57. The summed E-state index contributed by atoms with van der Waals surface area (Å²) < 4.78 is 4.94. The minimum absolute atomic E-state index is 0.166. The van der Waals surface area contributed by atoms with Crippen molar-refractivity contribution in [2.24, 2.45) is 10.8 Å². The molecule has 0 spiro atoms. The van der Waals surface area contributed by atoms with Crippen LogP contribution in [0.5, 0.6) is 0 Å². The number of hydrogen-bond acceptors (Lipinski definition) is 4. The SMILES string of the molecule is CCC(C)(C)C(OO)C1(C)CCOC(=O)C1. The van der Waals surface area contributed by atoms with Crippen molar-refractivity contribution in [2.45, 2.75) is 53.1 Å². The van der Waals surface area contributed by atoms with Crippen LogP contribution in [-0.4, -0.2) is 23.9 Å². The summed E-state index contributed by atoms with van der Waals surface area (Å²) >= 11 is 0. The van der Waals surface area contributed by atoms with Gasteiger partial charge in [0.25, 0.3) is 0 Å². The first kappa shape index (κ1) is 13.5. The van der Waals surface area contributed by atoms with Crippen molar-refractivity contribution in [3.63, 3.8) is 0 Å². The van der Waals surface area contributed by atoms with Crippen molar-refractivity contribution in [3.05, 3.63) is 0 Å². The standard InChI is InChI=1S/C12H22O4/c1-5-11(2,3)10(16-14)12(4)6-7-15-9(13)8-12/h10,14H,5-8H2,1-4H3. The van der Waals surface area contributed by atoms with E-state index in [4.69, 9.17) is 9.99 Å². The molecule has 2 atom stereocenters. The summed E-state index contributed by atoms with van der Waals surface area (Å²) in [5.74, 6) is -0.206. The molecule has 94 valence electrons. The van der Waals surface area contributed by atoms with Crippen molar-refractivity contribution in [3.8, 4) is 0 Å². The monoisotopic (exact) mass is 230 g/mol. The molecule has 0 bridgehead atoms. The fourth-order valence-electron chi connectivity index (χ4n) is 2.49. The van der Waals surface area contributed by atoms with Crippen LogP contribution in [0.4, 0.5) is 0 Å². The largest absolute Gasteiger partial charge is 0.466 e. The predicted molar refractivity (Wildman–Crippen MR) is 59.9 cm³/mol. The van der Waals surface area contributed by atoms with Crippen molar-refractivity contribution < 1.29 is 19.7 Å². The van der Waals surface area contributed by atoms with Crippen LogP contribution < -0.4 is 0 Å². The van der Waals surface area contributed by atoms with Gasteiger partial charge in [-0.15, -0.1) is 0 Å². The summed E-state index contributed by atoms with van der Waals surface area (Å²) in [5.41, 5.74) is -0.509. The number of rotatable bonds is 4. The lowest BCUT2D eigenvalue weighted by Gasteiger charge is -2.44. The van der Waals surface area contributed by atoms with Crippen LogP contribution in [0.2, 0.25) is 0 Å². The lowest BCUT2D eigenvalue weighted by molar-refractivity contribution is -0.331. The van der Waals surface area contributed by atoms with E-state index in [1.54, 1.807) is 0 Å². The predicted octanol–water partition coefficient (Wildman–Crippen LogP) is 2.62. The second-order valence-corrected chi connectivity index (χ2v) is 5.63. The molecular weight excluding hydrogens is 208 g/mol. The minimum Gasteiger partial charge on any atom is -0.466 e. The molecule has 0 aromatic heterocycles. The highest BCUT2D eigenvalue weighted by Gasteiger charge is 2.47. The molecule has 16 heavy (non-hydrogen) atoms. The van der Waals surface area contributed by atoms with Crippen LogP contribution in [0, 0.1) is 10.8 Å². The number of ether oxygens (including phenoxy) is 1. The molecule has 0 aromatic rings. The van der Waals surface area contributed by atoms with Gasteiger partial charge in [0.2, 0.25) is 0 Å². The lowest BCUT2D eigenvalue weighted by Crippen LogP contribution is -2.48. The number of esters is 1. The molecule has 4 heteroatoms. The fraction of sp³-hybridized carbons (Fsp3) is 0.917. The number of hydrogen-bond donors (Lipinski definition) is 1. The molecule has 1 aliphatic rings. The summed E-state index contributed by atoms with van der Waals surface area (Å²) in [6.45, 7) is 8.52. The molecule has 0 saturated carbocycles. The topological polar surface area (TPSA) is 55.8 Å². The smallest absolute Gasteiger partial charge is 0.306 e. The minimum atomic E-state index is -0.349. The summed E-state index contributed by atoms with van der Waals surface area (Å²) in [7, 11) is 0. The zero-order valence-electron chi connectivity index (χ0n) is 10.6. The number of carbonyl (C=O) groups excluding carboxylic acids is 1. The molecule has 1 saturated heterocycles. The first-order valence-electron chi connectivity index (χ1n) is 5.81. The molecule has 4 nitrogen and oxygen atoms in total. The molecule has 1 rings (SSSR count). The lowest BCUT2D eigenvalue weighted by atomic mass is 9.66. The summed E-state index contributed by atoms with van der Waals surface area (Å²) in [4.78, 5) is 16.0. The van der Waals surface area contributed by atoms with Crippen LogP contribution in [0.1, 0.15) is 47.0 Å². The number of cyclic esters (lactones) is 1. The van der Waals surface area contributed by atoms with E-state index in [9.17, 15) is 4.79 Å². The van der Waals surface area contributed by atoms with Crippen LogP contribution in [0.25, 0.3) is 0 Å². The van der Waals surface area contributed by atoms with Crippen molar-refractivity contribution in [2.75, 3.05) is 6.61 Å². The van der Waals surface area contributed by atoms with E-state index in [0.717, 1.165) is 12.8 Å². The van der Waals surface area contributed by atoms with E-state index in [1.165, 1.54) is 0 Å². The summed E-state index contributed by atoms with van der Waals surface area (Å²) in [5, 5.41) is 9.14. The normalized spacial score (nSPS) is 28.7. The van der Waals surface area contributed by atoms with E-state index >= 15 is 0 Å². The molecule has 0 radical (unpaired) electrons. The van der Waals surface area contributed by atoms with Crippen LogP contribution >= 0.6 is 0 Å². The van der Waals surface area contributed by atoms with E-state index in [-0.39, 0.29) is 22.9 Å². The maximum atomic E-state index is 11.4. The average molecular weight is 230 g/mol. The molecule has 0 aliphatic carbocycles. The Morgan fingerprint density at radius 3 is 2.69 bits per heavy atom. The van der Waals surface area contributed by atoms with E-state index in [0.29, 0.717) is 13.0 Å². The second kappa shape index (κ2) is 4.72. The highest BCUT2D eigenvalue weighted by molar-refractivity contribution is 5.71. The Kier molecular flexibility index (Phi) is 3.97. The Hall–Kier alpha value is -0.610. The van der Waals surface area contributed by atoms with Gasteiger partial charge < -0.3 is 4.74 Å². The third-order valence-electron chi connectivity index (χ3n) is 3.84. The third-order valence-corrected chi connectivity index (χ3v) is 3.84. The average Bonchev–Trinajstić information content (AvgIpc) is 2.17. The van der Waals surface area contributed by atoms with Crippen molar-refractivity contribution in [1.82, 2.24) is 0 Å². The first-order valence-corrected chi connectivity index (χ1v) is 5.81. The Bertz CT molecular complexity index is 262. The van der Waals surface area contributed by atoms with Gasteiger partial charge in [0.05, 0.1) is 13.0 Å². The molecule has 1 heterocycles. The first-order chi connectivity index (χ1) is 7.35. The van der Waals surface area contributed by atoms with Crippen LogP contribution in [0.3, 0.4) is 0 Å². The highest BCUT2D eigenvalue weighted by atomic mass is 17.1. The zero-order valence-corrected chi connectivity index (χ0v) is 10.6. The van der Waals surface area contributed by atoms with E-state index in [2.05, 4.69) is 11.8 Å². The van der Waals surface area contributed by atoms with E-state index in [1.807, 2.05) is 20.8 Å². The highest BCUT2D eigenvalue weighted by Crippen LogP contribution is 2.44. The molecule has 1 N–H and O–H groups in total. The van der Waals surface area contributed by atoms with E-state index < -0.39 is 0 Å². The molecule has 1 fully saturated rings. The van der Waals surface area contributed by atoms with Gasteiger partial charge in [0.15, 0.2) is 0 Å². The Balaban J connectivity index is 2.89. The van der Waals surface area contributed by atoms with Gasteiger partial charge >= 0.3 is 5.97 Å². The maximum Gasteiger partial charge on any atom is 0.306 e. The van der Waals surface area contributed by atoms with Gasteiger partial charge in [-0.2, -0.15) is 0 Å². The van der Waals surface area contributed by atoms with Crippen molar-refractivity contribution >= 4 is 5.97 Å². The third kappa shape index (κ3) is 2.55. The van der Waals surface area contributed by atoms with Gasteiger partial charge in [-0.05, 0) is 18.3 Å². The van der Waals surface area contributed by atoms with Gasteiger partial charge in [0.1, 0.15) is 6.10 Å². The molecule has 0 aromatic carbocycles. The molecule has 1 aliphatic heterocycles. The van der Waals surface area contributed by atoms with Crippen LogP contribution in [-0.2, 0) is 14.4 Å². The molecular formula is C12H22O4. The van der Waals surface area contributed by atoms with Gasteiger partial charge in [0, 0.05) is 5.41 Å². The van der Waals surface area contributed by atoms with Gasteiger partial charge in [-0.3, -0.25) is 10.1 Å². The molecule has 0 amide bonds. The molecule has 2 unspecified atom stereocenters. The quantitative estimate of drug-likeness (QED) is 0.458. The Labute approximate surface area is 96.9 Å².